The molecule has 1 aromatic heterocycles. The van der Waals surface area contributed by atoms with Crippen LogP contribution in [0.2, 0.25) is 0 Å². The Morgan fingerprint density at radius 2 is 1.85 bits per heavy atom. The molecule has 1 unspecified atom stereocenters. The third-order valence-corrected chi connectivity index (χ3v) is 5.91. The van der Waals surface area contributed by atoms with E-state index in [1.807, 2.05) is 13.0 Å². The number of benzene rings is 1. The van der Waals surface area contributed by atoms with Crippen molar-refractivity contribution in [2.45, 2.75) is 57.4 Å². The molecule has 142 valence electrons. The fraction of sp³-hybridized carbons (Fsp3) is 0.455. The topological polar surface area (TPSA) is 50.5 Å². The zero-order valence-electron chi connectivity index (χ0n) is 15.5. The summed E-state index contributed by atoms with van der Waals surface area (Å²) in [5, 5.41) is 0. The normalized spacial score (nSPS) is 20.4. The van der Waals surface area contributed by atoms with Gasteiger partial charge in [0, 0.05) is 12.5 Å². The number of piperidine rings is 1. The third kappa shape index (κ3) is 3.43. The van der Waals surface area contributed by atoms with Crippen LogP contribution in [0.25, 0.3) is 0 Å². The van der Waals surface area contributed by atoms with Crippen LogP contribution in [-0.2, 0) is 0 Å². The van der Waals surface area contributed by atoms with Crippen molar-refractivity contribution in [3.63, 3.8) is 0 Å². The van der Waals surface area contributed by atoms with Gasteiger partial charge in [0.15, 0.2) is 0 Å². The van der Waals surface area contributed by atoms with Gasteiger partial charge in [0.2, 0.25) is 0 Å². The summed E-state index contributed by atoms with van der Waals surface area (Å²) in [7, 11) is 0. The van der Waals surface area contributed by atoms with Crippen LogP contribution < -0.4 is 5.63 Å². The van der Waals surface area contributed by atoms with Crippen molar-refractivity contribution < 1.29 is 13.6 Å². The van der Waals surface area contributed by atoms with Crippen molar-refractivity contribution >= 4 is 5.91 Å². The number of amides is 1. The van der Waals surface area contributed by atoms with Crippen molar-refractivity contribution in [3.8, 4) is 0 Å². The smallest absolute Gasteiger partial charge is 0.349 e. The van der Waals surface area contributed by atoms with Crippen LogP contribution in [-0.4, -0.2) is 17.4 Å². The number of rotatable bonds is 3. The van der Waals surface area contributed by atoms with E-state index in [1.165, 1.54) is 12.1 Å². The van der Waals surface area contributed by atoms with E-state index in [4.69, 9.17) is 4.42 Å². The summed E-state index contributed by atoms with van der Waals surface area (Å²) in [5.74, 6) is 0.433. The van der Waals surface area contributed by atoms with Gasteiger partial charge in [-0.05, 0) is 68.4 Å². The zero-order valence-corrected chi connectivity index (χ0v) is 15.5. The van der Waals surface area contributed by atoms with Gasteiger partial charge < -0.3 is 9.32 Å². The minimum Gasteiger partial charge on any atom is -0.427 e. The maximum atomic E-state index is 13.3. The molecule has 0 bridgehead atoms. The predicted molar refractivity (Wildman–Crippen MR) is 100 cm³/mol. The molecule has 4 nitrogen and oxygen atoms in total. The fourth-order valence-corrected chi connectivity index (χ4v) is 4.13. The van der Waals surface area contributed by atoms with Crippen molar-refractivity contribution in [1.82, 2.24) is 4.90 Å². The summed E-state index contributed by atoms with van der Waals surface area (Å²) in [5.41, 5.74) is 1.18. The molecule has 1 aromatic carbocycles. The Balaban J connectivity index is 1.65. The first-order valence-electron chi connectivity index (χ1n) is 9.75. The number of nitrogens with zero attached hydrogens (tertiary/aromatic N) is 1. The molecule has 1 amide bonds. The lowest BCUT2D eigenvalue weighted by atomic mass is 9.83. The first-order valence-corrected chi connectivity index (χ1v) is 9.75. The molecule has 2 aromatic rings. The van der Waals surface area contributed by atoms with Crippen molar-refractivity contribution in [1.29, 1.82) is 0 Å². The summed E-state index contributed by atoms with van der Waals surface area (Å²) < 4.78 is 18.8. The monoisotopic (exact) mass is 369 g/mol. The molecule has 2 fully saturated rings. The number of carbonyl (C=O) groups is 1. The highest BCUT2D eigenvalue weighted by atomic mass is 19.1. The van der Waals surface area contributed by atoms with Gasteiger partial charge >= 0.3 is 5.63 Å². The number of aryl methyl sites for hydroxylation is 1. The molecule has 0 N–H and O–H groups in total. The molecule has 2 aliphatic rings. The first kappa shape index (κ1) is 18.0. The summed E-state index contributed by atoms with van der Waals surface area (Å²) in [4.78, 5) is 27.6. The third-order valence-electron chi connectivity index (χ3n) is 5.91. The van der Waals surface area contributed by atoms with Gasteiger partial charge in [0.25, 0.3) is 5.91 Å². The molecule has 1 atom stereocenters. The molecule has 27 heavy (non-hydrogen) atoms. The minimum atomic E-state index is -0.537. The molecule has 1 saturated heterocycles. The lowest BCUT2D eigenvalue weighted by Crippen LogP contribution is -2.41. The van der Waals surface area contributed by atoms with Crippen LogP contribution >= 0.6 is 0 Å². The number of halogens is 1. The van der Waals surface area contributed by atoms with E-state index in [2.05, 4.69) is 0 Å². The van der Waals surface area contributed by atoms with Gasteiger partial charge in [0.05, 0.1) is 6.04 Å². The summed E-state index contributed by atoms with van der Waals surface area (Å²) in [6.07, 6.45) is 5.93. The Labute approximate surface area is 158 Å². The van der Waals surface area contributed by atoms with Gasteiger partial charge in [0.1, 0.15) is 17.1 Å². The lowest BCUT2D eigenvalue weighted by molar-refractivity contribution is 0.0605. The van der Waals surface area contributed by atoms with Crippen molar-refractivity contribution in [3.05, 3.63) is 69.0 Å². The Morgan fingerprint density at radius 3 is 2.48 bits per heavy atom. The maximum absolute atomic E-state index is 13.3. The molecule has 5 heteroatoms. The number of hydrogen-bond acceptors (Lipinski definition) is 3. The van der Waals surface area contributed by atoms with Crippen LogP contribution in [0.4, 0.5) is 4.39 Å². The van der Waals surface area contributed by atoms with E-state index in [9.17, 15) is 14.0 Å². The quantitative estimate of drug-likeness (QED) is 0.786. The van der Waals surface area contributed by atoms with Crippen molar-refractivity contribution in [2.24, 2.45) is 0 Å². The lowest BCUT2D eigenvalue weighted by Gasteiger charge is -2.36. The molecule has 1 saturated carbocycles. The van der Waals surface area contributed by atoms with Gasteiger partial charge in [-0.15, -0.1) is 0 Å². The Bertz CT molecular complexity index is 899. The van der Waals surface area contributed by atoms with E-state index in [1.54, 1.807) is 17.0 Å². The SMILES string of the molecule is Cc1cc(C2CCC2)oc(=O)c1C(=O)N1CCCCC1c1ccc(F)cc1. The Kier molecular flexibility index (Phi) is 4.85. The second-order valence-electron chi connectivity index (χ2n) is 7.68. The largest absolute Gasteiger partial charge is 0.427 e. The first-order chi connectivity index (χ1) is 13.0. The molecule has 1 aliphatic carbocycles. The molecule has 2 heterocycles. The maximum Gasteiger partial charge on any atom is 0.349 e. The highest BCUT2D eigenvalue weighted by molar-refractivity contribution is 5.95. The van der Waals surface area contributed by atoms with E-state index in [-0.39, 0.29) is 23.3 Å². The Morgan fingerprint density at radius 1 is 1.11 bits per heavy atom. The summed E-state index contributed by atoms with van der Waals surface area (Å²) in [6, 6.07) is 7.99. The molecule has 4 rings (SSSR count). The molecule has 1 aliphatic heterocycles. The van der Waals surface area contributed by atoms with Gasteiger partial charge in [-0.2, -0.15) is 0 Å². The summed E-state index contributed by atoms with van der Waals surface area (Å²) >= 11 is 0. The van der Waals surface area contributed by atoms with E-state index < -0.39 is 5.63 Å². The van der Waals surface area contributed by atoms with E-state index in [0.29, 0.717) is 23.8 Å². The minimum absolute atomic E-state index is 0.132. The average Bonchev–Trinajstić information content (AvgIpc) is 2.60. The Hall–Kier alpha value is -2.43. The second-order valence-corrected chi connectivity index (χ2v) is 7.68. The summed E-state index contributed by atoms with van der Waals surface area (Å²) in [6.45, 7) is 2.40. The molecule has 0 radical (unpaired) electrons. The van der Waals surface area contributed by atoms with Gasteiger partial charge in [-0.3, -0.25) is 4.79 Å². The standard InChI is InChI=1S/C22H24FNO3/c1-14-13-19(16-5-4-6-16)27-22(26)20(14)21(25)24-12-3-2-7-18(24)15-8-10-17(23)11-9-15/h8-11,13,16,18H,2-7,12H2,1H3. The number of hydrogen-bond donors (Lipinski definition) is 0. The van der Waals surface area contributed by atoms with E-state index >= 15 is 0 Å². The van der Waals surface area contributed by atoms with Crippen molar-refractivity contribution in [2.75, 3.05) is 6.54 Å². The second kappa shape index (κ2) is 7.29. The molecule has 0 spiro atoms. The van der Waals surface area contributed by atoms with Crippen LogP contribution in [0.3, 0.4) is 0 Å². The average molecular weight is 369 g/mol. The zero-order chi connectivity index (χ0) is 19.0. The highest BCUT2D eigenvalue weighted by Gasteiger charge is 2.32. The number of likely N-dealkylation sites (tertiary alicyclic amines) is 1. The number of carbonyl (C=O) groups excluding carboxylic acids is 1. The van der Waals surface area contributed by atoms with Gasteiger partial charge in [-0.25, -0.2) is 9.18 Å². The fourth-order valence-electron chi connectivity index (χ4n) is 4.13. The predicted octanol–water partition coefficient (Wildman–Crippen LogP) is 4.72. The van der Waals surface area contributed by atoms with Crippen LogP contribution in [0.1, 0.15) is 77.7 Å². The highest BCUT2D eigenvalue weighted by Crippen LogP contribution is 2.37. The van der Waals surface area contributed by atoms with Crippen LogP contribution in [0.5, 0.6) is 0 Å². The van der Waals surface area contributed by atoms with Gasteiger partial charge in [-0.1, -0.05) is 18.6 Å². The van der Waals surface area contributed by atoms with E-state index in [0.717, 1.165) is 44.1 Å². The van der Waals surface area contributed by atoms with Crippen LogP contribution in [0, 0.1) is 12.7 Å². The molecular formula is C22H24FNO3. The van der Waals surface area contributed by atoms with Crippen LogP contribution in [0.15, 0.2) is 39.5 Å². The molecular weight excluding hydrogens is 345 g/mol.